The largest absolute Gasteiger partial charge is 0.478 e. The van der Waals surface area contributed by atoms with Crippen molar-refractivity contribution in [3.05, 3.63) is 68.0 Å². The Balaban J connectivity index is 1.93. The summed E-state index contributed by atoms with van der Waals surface area (Å²) in [5.74, 6) is -2.99. The van der Waals surface area contributed by atoms with E-state index in [1.54, 1.807) is 24.3 Å². The Kier molecular flexibility index (Phi) is 5.73. The van der Waals surface area contributed by atoms with Crippen LogP contribution in [0.3, 0.4) is 0 Å². The van der Waals surface area contributed by atoms with Gasteiger partial charge in [-0.3, -0.25) is 4.79 Å². The maximum absolute atomic E-state index is 12.2. The van der Waals surface area contributed by atoms with Gasteiger partial charge in [0.15, 0.2) is 5.17 Å². The Hall–Kier alpha value is -2.81. The van der Waals surface area contributed by atoms with E-state index in [4.69, 9.17) is 33.4 Å². The molecule has 1 heterocycles. The van der Waals surface area contributed by atoms with Crippen molar-refractivity contribution in [2.75, 3.05) is 0 Å². The van der Waals surface area contributed by atoms with E-state index in [2.05, 4.69) is 10.3 Å². The van der Waals surface area contributed by atoms with Crippen LogP contribution in [-0.2, 0) is 4.79 Å². The Morgan fingerprint density at radius 1 is 1.04 bits per heavy atom. The van der Waals surface area contributed by atoms with Gasteiger partial charge in [-0.05, 0) is 53.7 Å². The average molecular weight is 437 g/mol. The van der Waals surface area contributed by atoms with Crippen LogP contribution in [0.5, 0.6) is 0 Å². The molecule has 3 rings (SSSR count). The molecule has 0 aromatic heterocycles. The van der Waals surface area contributed by atoms with Crippen molar-refractivity contribution < 1.29 is 24.6 Å². The maximum atomic E-state index is 12.2. The number of carboxylic acids is 2. The smallest absolute Gasteiger partial charge is 0.335 e. The van der Waals surface area contributed by atoms with Crippen LogP contribution in [0.25, 0.3) is 6.08 Å². The Bertz CT molecular complexity index is 1050. The van der Waals surface area contributed by atoms with Gasteiger partial charge in [0.2, 0.25) is 0 Å². The van der Waals surface area contributed by atoms with Crippen molar-refractivity contribution in [3.63, 3.8) is 0 Å². The van der Waals surface area contributed by atoms with Gasteiger partial charge in [0.1, 0.15) is 0 Å². The number of hydrogen-bond donors (Lipinski definition) is 3. The average Bonchev–Trinajstić information content (AvgIpc) is 2.96. The molecule has 7 nitrogen and oxygen atoms in total. The molecule has 1 fully saturated rings. The summed E-state index contributed by atoms with van der Waals surface area (Å²) in [6.07, 6.45) is 1.57. The number of nitrogens with zero attached hydrogens (tertiary/aromatic N) is 1. The molecule has 1 saturated heterocycles. The second kappa shape index (κ2) is 8.05. The van der Waals surface area contributed by atoms with Crippen LogP contribution in [-0.4, -0.2) is 33.2 Å². The number of amidine groups is 1. The number of halogens is 2. The predicted octanol–water partition coefficient (Wildman–Crippen LogP) is 4.28. The van der Waals surface area contributed by atoms with Gasteiger partial charge in [-0.2, -0.15) is 0 Å². The molecule has 1 amide bonds. The number of aromatic carboxylic acids is 2. The zero-order valence-electron chi connectivity index (χ0n) is 13.8. The third-order valence-corrected chi connectivity index (χ3v) is 5.01. The van der Waals surface area contributed by atoms with E-state index in [1.807, 2.05) is 0 Å². The number of rotatable bonds is 4. The van der Waals surface area contributed by atoms with Crippen LogP contribution < -0.4 is 5.32 Å². The van der Waals surface area contributed by atoms with Gasteiger partial charge in [-0.1, -0.05) is 29.3 Å². The summed E-state index contributed by atoms with van der Waals surface area (Å²) in [6.45, 7) is 0. The number of nitrogens with one attached hydrogen (secondary N) is 1. The van der Waals surface area contributed by atoms with E-state index in [1.165, 1.54) is 12.1 Å². The monoisotopic (exact) mass is 436 g/mol. The van der Waals surface area contributed by atoms with E-state index >= 15 is 0 Å². The fraction of sp³-hybridized carbons (Fsp3) is 0. The summed E-state index contributed by atoms with van der Waals surface area (Å²) in [5.41, 5.74) is 0.228. The molecule has 1 aliphatic heterocycles. The standard InChI is InChI=1S/C18H10Cl2N2O5S/c19-11-2-1-8(13(20)7-11)6-14-15(23)22-18(28-14)21-12-4-9(16(24)25)3-10(5-12)17(26)27/h1-7H,(H,24,25)(H,26,27)(H,21,22,23)/b14-6-. The van der Waals surface area contributed by atoms with Crippen LogP contribution in [0.2, 0.25) is 10.0 Å². The van der Waals surface area contributed by atoms with Gasteiger partial charge in [0, 0.05) is 10.0 Å². The SMILES string of the molecule is O=C1NC(=Nc2cc(C(=O)O)cc(C(=O)O)c2)S/C1=C\c1ccc(Cl)cc1Cl. The van der Waals surface area contributed by atoms with E-state index in [0.717, 1.165) is 17.8 Å². The summed E-state index contributed by atoms with van der Waals surface area (Å²) >= 11 is 13.0. The molecule has 142 valence electrons. The summed E-state index contributed by atoms with van der Waals surface area (Å²) < 4.78 is 0. The van der Waals surface area contributed by atoms with Gasteiger partial charge in [-0.15, -0.1) is 0 Å². The molecule has 2 aromatic rings. The van der Waals surface area contributed by atoms with Crippen LogP contribution in [0.1, 0.15) is 26.3 Å². The number of benzene rings is 2. The van der Waals surface area contributed by atoms with Gasteiger partial charge in [0.25, 0.3) is 5.91 Å². The molecule has 0 aliphatic carbocycles. The van der Waals surface area contributed by atoms with Crippen LogP contribution in [0.4, 0.5) is 5.69 Å². The second-order valence-corrected chi connectivity index (χ2v) is 7.40. The van der Waals surface area contributed by atoms with Gasteiger partial charge in [0.05, 0.1) is 21.7 Å². The van der Waals surface area contributed by atoms with Crippen LogP contribution in [0, 0.1) is 0 Å². The molecule has 0 unspecified atom stereocenters. The lowest BCUT2D eigenvalue weighted by Gasteiger charge is -2.02. The van der Waals surface area contributed by atoms with Crippen molar-refractivity contribution >= 4 is 69.7 Å². The summed E-state index contributed by atoms with van der Waals surface area (Å²) in [6, 6.07) is 8.31. The summed E-state index contributed by atoms with van der Waals surface area (Å²) in [5, 5.41) is 21.8. The third kappa shape index (κ3) is 4.53. The van der Waals surface area contributed by atoms with Crippen molar-refractivity contribution in [3.8, 4) is 0 Å². The van der Waals surface area contributed by atoms with Crippen molar-refractivity contribution in [1.82, 2.24) is 5.32 Å². The quantitative estimate of drug-likeness (QED) is 0.615. The molecule has 0 saturated carbocycles. The first kappa shape index (κ1) is 19.9. The lowest BCUT2D eigenvalue weighted by atomic mass is 10.1. The Labute approximate surface area is 172 Å². The molecule has 0 atom stereocenters. The number of carbonyl (C=O) groups is 3. The molecule has 10 heteroatoms. The summed E-state index contributed by atoms with van der Waals surface area (Å²) in [7, 11) is 0. The van der Waals surface area contributed by atoms with Gasteiger partial charge < -0.3 is 15.5 Å². The van der Waals surface area contributed by atoms with Crippen LogP contribution in [0.15, 0.2) is 46.3 Å². The fourth-order valence-electron chi connectivity index (χ4n) is 2.28. The van der Waals surface area contributed by atoms with E-state index < -0.39 is 17.8 Å². The number of thioether (sulfide) groups is 1. The highest BCUT2D eigenvalue weighted by Crippen LogP contribution is 2.31. The van der Waals surface area contributed by atoms with Crippen molar-refractivity contribution in [2.45, 2.75) is 0 Å². The van der Waals surface area contributed by atoms with E-state index in [-0.39, 0.29) is 22.0 Å². The Morgan fingerprint density at radius 3 is 2.25 bits per heavy atom. The molecule has 0 radical (unpaired) electrons. The molecular weight excluding hydrogens is 427 g/mol. The summed E-state index contributed by atoms with van der Waals surface area (Å²) in [4.78, 5) is 39.0. The number of amides is 1. The minimum Gasteiger partial charge on any atom is -0.478 e. The molecule has 0 bridgehead atoms. The van der Waals surface area contributed by atoms with Crippen molar-refractivity contribution in [1.29, 1.82) is 0 Å². The second-order valence-electron chi connectivity index (χ2n) is 5.53. The Morgan fingerprint density at radius 2 is 1.68 bits per heavy atom. The maximum Gasteiger partial charge on any atom is 0.335 e. The fourth-order valence-corrected chi connectivity index (χ4v) is 3.58. The minimum absolute atomic E-state index is 0.0888. The number of carbonyl (C=O) groups excluding carboxylic acids is 1. The number of hydrogen-bond acceptors (Lipinski definition) is 5. The normalized spacial score (nSPS) is 16.4. The van der Waals surface area contributed by atoms with E-state index in [0.29, 0.717) is 20.5 Å². The molecule has 0 spiro atoms. The van der Waals surface area contributed by atoms with Gasteiger partial charge in [-0.25, -0.2) is 14.6 Å². The third-order valence-electron chi connectivity index (χ3n) is 3.54. The molecule has 3 N–H and O–H groups in total. The zero-order chi connectivity index (χ0) is 20.4. The molecule has 1 aliphatic rings. The highest BCUT2D eigenvalue weighted by atomic mass is 35.5. The first-order chi connectivity index (χ1) is 13.2. The number of aliphatic imine (C=N–C) groups is 1. The first-order valence-corrected chi connectivity index (χ1v) is 9.16. The molecule has 28 heavy (non-hydrogen) atoms. The van der Waals surface area contributed by atoms with Crippen molar-refractivity contribution in [2.24, 2.45) is 4.99 Å². The first-order valence-electron chi connectivity index (χ1n) is 7.59. The molecule has 2 aromatic carbocycles. The predicted molar refractivity (Wildman–Crippen MR) is 108 cm³/mol. The topological polar surface area (TPSA) is 116 Å². The minimum atomic E-state index is -1.29. The van der Waals surface area contributed by atoms with Crippen LogP contribution >= 0.6 is 35.0 Å². The highest BCUT2D eigenvalue weighted by Gasteiger charge is 2.24. The van der Waals surface area contributed by atoms with Gasteiger partial charge >= 0.3 is 11.9 Å². The highest BCUT2D eigenvalue weighted by molar-refractivity contribution is 8.18. The molecular formula is C18H10Cl2N2O5S. The lowest BCUT2D eigenvalue weighted by Crippen LogP contribution is -2.19. The zero-order valence-corrected chi connectivity index (χ0v) is 16.1. The lowest BCUT2D eigenvalue weighted by molar-refractivity contribution is -0.115. The van der Waals surface area contributed by atoms with E-state index in [9.17, 15) is 14.4 Å². The number of carboxylic acid groups (broad SMARTS) is 2.